The number of nitrogens with zero attached hydrogens (tertiary/aromatic N) is 5. The van der Waals surface area contributed by atoms with Gasteiger partial charge in [0.1, 0.15) is 23.7 Å². The molecule has 1 aliphatic heterocycles. The molecule has 3 atom stereocenters. The number of anilines is 1. The van der Waals surface area contributed by atoms with Gasteiger partial charge >= 0.3 is 0 Å². The third-order valence-corrected chi connectivity index (χ3v) is 7.74. The van der Waals surface area contributed by atoms with Crippen LogP contribution in [0.2, 0.25) is 0 Å². The van der Waals surface area contributed by atoms with Gasteiger partial charge in [0.25, 0.3) is 5.95 Å². The van der Waals surface area contributed by atoms with E-state index in [1.54, 1.807) is 12.2 Å². The van der Waals surface area contributed by atoms with Crippen LogP contribution in [-0.2, 0) is 15.1 Å². The quantitative estimate of drug-likeness (QED) is 0.175. The highest BCUT2D eigenvalue weighted by Crippen LogP contribution is 2.46. The Labute approximate surface area is 248 Å². The number of hydrogen-bond donors (Lipinski definition) is 1. The Morgan fingerprint density at radius 1 is 0.977 bits per heavy atom. The van der Waals surface area contributed by atoms with Crippen molar-refractivity contribution in [3.05, 3.63) is 126 Å². The molecule has 43 heavy (non-hydrogen) atoms. The molecule has 10 heteroatoms. The maximum atomic E-state index is 15.8. The molecular weight excluding hydrogens is 549 g/mol. The molecular formula is C33H32FN5O4. The number of hydroxylamine groups is 1. The van der Waals surface area contributed by atoms with Crippen LogP contribution in [0.15, 0.2) is 110 Å². The number of alkyl halides is 1. The monoisotopic (exact) mass is 581 g/mol. The minimum absolute atomic E-state index is 0.0778. The van der Waals surface area contributed by atoms with E-state index in [9.17, 15) is 5.11 Å². The molecule has 1 unspecified atom stereocenters. The van der Waals surface area contributed by atoms with Crippen LogP contribution in [0.3, 0.4) is 0 Å². The molecule has 5 aromatic rings. The number of aliphatic hydroxyl groups is 1. The van der Waals surface area contributed by atoms with Crippen molar-refractivity contribution >= 4 is 17.1 Å². The van der Waals surface area contributed by atoms with Crippen LogP contribution in [0.1, 0.15) is 36.8 Å². The summed E-state index contributed by atoms with van der Waals surface area (Å²) >= 11 is 0. The fraction of sp³-hybridized carbons (Fsp3) is 0.242. The van der Waals surface area contributed by atoms with E-state index in [0.29, 0.717) is 12.1 Å². The van der Waals surface area contributed by atoms with E-state index >= 15 is 4.39 Å². The van der Waals surface area contributed by atoms with Crippen LogP contribution in [0, 0.1) is 0 Å². The number of fused-ring (bicyclic) bond motifs is 1. The van der Waals surface area contributed by atoms with Crippen molar-refractivity contribution in [2.45, 2.75) is 37.4 Å². The smallest absolute Gasteiger partial charge is 0.256 e. The van der Waals surface area contributed by atoms with Gasteiger partial charge in [-0.05, 0) is 30.5 Å². The van der Waals surface area contributed by atoms with Gasteiger partial charge in [0, 0.05) is 0 Å². The normalized spacial score (nSPS) is 20.3. The van der Waals surface area contributed by atoms with Crippen LogP contribution in [-0.4, -0.2) is 50.1 Å². The van der Waals surface area contributed by atoms with Crippen molar-refractivity contribution in [3.63, 3.8) is 0 Å². The van der Waals surface area contributed by atoms with E-state index in [1.165, 1.54) is 17.8 Å². The van der Waals surface area contributed by atoms with Gasteiger partial charge in [0.15, 0.2) is 16.8 Å². The van der Waals surface area contributed by atoms with Crippen molar-refractivity contribution in [2.24, 2.45) is 0 Å². The lowest BCUT2D eigenvalue weighted by atomic mass is 9.76. The molecule has 0 amide bonds. The van der Waals surface area contributed by atoms with Gasteiger partial charge in [0.2, 0.25) is 12.1 Å². The molecule has 6 rings (SSSR count). The van der Waals surface area contributed by atoms with Gasteiger partial charge in [-0.15, -0.1) is 0 Å². The molecule has 0 bridgehead atoms. The van der Waals surface area contributed by atoms with Crippen LogP contribution >= 0.6 is 0 Å². The Morgan fingerprint density at radius 2 is 1.51 bits per heavy atom. The standard InChI is InChI=1S/C33H32FN5O4/c1-5-42-29-26-28(38(21-35-26)30-32(3,34)27(40)22(2)43-30)36-31(37-29)39(41-4)33(23-15-9-6-10-16-23,24-17-11-7-12-18-24)25-19-13-8-14-20-25/h6-21,27,30,40H,2,5H2,1,3-4H3/t27-,30-,32?/m1/s1. The summed E-state index contributed by atoms with van der Waals surface area (Å²) in [6.07, 6.45) is -1.41. The Hall–Kier alpha value is -4.80. The van der Waals surface area contributed by atoms with Crippen LogP contribution in [0.5, 0.6) is 5.88 Å². The molecule has 220 valence electrons. The average Bonchev–Trinajstić information content (AvgIpc) is 3.55. The molecule has 0 saturated carbocycles. The number of aliphatic hydroxyl groups excluding tert-OH is 1. The summed E-state index contributed by atoms with van der Waals surface area (Å²) in [5.74, 6) is 0.241. The van der Waals surface area contributed by atoms with E-state index in [0.717, 1.165) is 16.7 Å². The fourth-order valence-electron chi connectivity index (χ4n) is 5.74. The van der Waals surface area contributed by atoms with Gasteiger partial charge in [0.05, 0.1) is 13.7 Å². The Bertz CT molecular complexity index is 1630. The molecule has 3 heterocycles. The summed E-state index contributed by atoms with van der Waals surface area (Å²) < 4.78 is 28.9. The number of rotatable bonds is 9. The number of imidazole rings is 1. The van der Waals surface area contributed by atoms with E-state index in [2.05, 4.69) is 11.6 Å². The third-order valence-electron chi connectivity index (χ3n) is 7.74. The lowest BCUT2D eigenvalue weighted by Gasteiger charge is -2.43. The second-order valence-electron chi connectivity index (χ2n) is 10.4. The van der Waals surface area contributed by atoms with Gasteiger partial charge in [-0.3, -0.25) is 9.40 Å². The lowest BCUT2D eigenvalue weighted by Crippen LogP contribution is -2.48. The molecule has 1 fully saturated rings. The highest BCUT2D eigenvalue weighted by molar-refractivity contribution is 5.78. The zero-order chi connectivity index (χ0) is 30.2. The van der Waals surface area contributed by atoms with Gasteiger partial charge in [-0.1, -0.05) is 97.6 Å². The Kier molecular flexibility index (Phi) is 7.33. The van der Waals surface area contributed by atoms with Gasteiger partial charge in [-0.25, -0.2) is 9.37 Å². The summed E-state index contributed by atoms with van der Waals surface area (Å²) in [4.78, 5) is 20.4. The third kappa shape index (κ3) is 4.50. The van der Waals surface area contributed by atoms with Crippen molar-refractivity contribution in [3.8, 4) is 5.88 Å². The molecule has 2 aromatic heterocycles. The van der Waals surface area contributed by atoms with E-state index in [4.69, 9.17) is 24.3 Å². The zero-order valence-electron chi connectivity index (χ0n) is 24.1. The summed E-state index contributed by atoms with van der Waals surface area (Å²) in [7, 11) is 1.55. The van der Waals surface area contributed by atoms with Gasteiger partial charge < -0.3 is 14.6 Å². The molecule has 1 aliphatic rings. The minimum Gasteiger partial charge on any atom is -0.476 e. The maximum absolute atomic E-state index is 15.8. The lowest BCUT2D eigenvalue weighted by molar-refractivity contribution is -0.0308. The van der Waals surface area contributed by atoms with Crippen molar-refractivity contribution < 1.29 is 23.8 Å². The summed E-state index contributed by atoms with van der Waals surface area (Å²) in [6, 6.07) is 29.8. The average molecular weight is 582 g/mol. The van der Waals surface area contributed by atoms with E-state index in [-0.39, 0.29) is 23.2 Å². The molecule has 1 N–H and O–H groups in total. The second-order valence-corrected chi connectivity index (χ2v) is 10.4. The minimum atomic E-state index is -2.20. The summed E-state index contributed by atoms with van der Waals surface area (Å²) in [5, 5.41) is 12.1. The topological polar surface area (TPSA) is 94.8 Å². The first-order valence-corrected chi connectivity index (χ1v) is 13.9. The van der Waals surface area contributed by atoms with E-state index in [1.807, 2.05) is 97.9 Å². The van der Waals surface area contributed by atoms with Gasteiger partial charge in [-0.2, -0.15) is 15.0 Å². The van der Waals surface area contributed by atoms with Crippen molar-refractivity contribution in [1.82, 2.24) is 19.5 Å². The SMILES string of the molecule is C=C1O[C@@H](n2cnc3c(OCC)nc(N(OC)C(c4ccccc4)(c4ccccc4)c4ccccc4)nc32)C(C)(F)[C@@H]1O. The Balaban J connectivity index is 1.65. The largest absolute Gasteiger partial charge is 0.476 e. The van der Waals surface area contributed by atoms with Crippen LogP contribution in [0.4, 0.5) is 10.3 Å². The molecule has 0 radical (unpaired) electrons. The number of ether oxygens (including phenoxy) is 2. The highest BCUT2D eigenvalue weighted by Gasteiger charge is 2.53. The second kappa shape index (κ2) is 11.1. The first-order chi connectivity index (χ1) is 20.8. The summed E-state index contributed by atoms with van der Waals surface area (Å²) in [5.41, 5.74) is -0.0847. The number of benzene rings is 3. The maximum Gasteiger partial charge on any atom is 0.256 e. The van der Waals surface area contributed by atoms with Crippen molar-refractivity contribution in [2.75, 3.05) is 18.8 Å². The molecule has 3 aromatic carbocycles. The highest BCUT2D eigenvalue weighted by atomic mass is 19.1. The van der Waals surface area contributed by atoms with Crippen molar-refractivity contribution in [1.29, 1.82) is 0 Å². The Morgan fingerprint density at radius 3 is 1.95 bits per heavy atom. The predicted octanol–water partition coefficient (Wildman–Crippen LogP) is 5.72. The number of aromatic nitrogens is 4. The molecule has 9 nitrogen and oxygen atoms in total. The fourth-order valence-corrected chi connectivity index (χ4v) is 5.74. The van der Waals surface area contributed by atoms with Crippen LogP contribution in [0.25, 0.3) is 11.2 Å². The number of hydrogen-bond acceptors (Lipinski definition) is 8. The number of halogens is 1. The first-order valence-electron chi connectivity index (χ1n) is 13.9. The molecule has 1 saturated heterocycles. The van der Waals surface area contributed by atoms with Crippen LogP contribution < -0.4 is 9.80 Å². The summed E-state index contributed by atoms with van der Waals surface area (Å²) in [6.45, 7) is 7.06. The molecule has 0 spiro atoms. The van der Waals surface area contributed by atoms with E-state index < -0.39 is 23.5 Å². The molecule has 0 aliphatic carbocycles. The zero-order valence-corrected chi connectivity index (χ0v) is 24.1. The predicted molar refractivity (Wildman–Crippen MR) is 160 cm³/mol. The first kappa shape index (κ1) is 28.3.